The predicted molar refractivity (Wildman–Crippen MR) is 129 cm³/mol. The summed E-state index contributed by atoms with van der Waals surface area (Å²) in [5.74, 6) is -0.397. The average molecular weight is 480 g/mol. The summed E-state index contributed by atoms with van der Waals surface area (Å²) in [5.41, 5.74) is 5.47. The molecule has 0 aliphatic carbocycles. The van der Waals surface area contributed by atoms with E-state index in [9.17, 15) is 22.8 Å². The van der Waals surface area contributed by atoms with E-state index in [4.69, 9.17) is 5.73 Å². The van der Waals surface area contributed by atoms with Crippen molar-refractivity contribution < 1.29 is 13.2 Å². The van der Waals surface area contributed by atoms with Gasteiger partial charge in [-0.15, -0.1) is 0 Å². The Balaban J connectivity index is 2.16. The fourth-order valence-corrected chi connectivity index (χ4v) is 4.98. The second-order valence-corrected chi connectivity index (χ2v) is 9.62. The number of nitrogens with two attached hydrogens (primary N) is 1. The number of H-pyrrole nitrogens is 1. The molecule has 1 aromatic heterocycles. The molecule has 1 heterocycles. The number of benzene rings is 1. The lowest BCUT2D eigenvalue weighted by atomic mass is 10.1. The molecule has 0 unspecified atom stereocenters. The van der Waals surface area contributed by atoms with Gasteiger partial charge in [0.2, 0.25) is 15.9 Å². The molecule has 182 valence electrons. The molecule has 0 saturated carbocycles. The Morgan fingerprint density at radius 2 is 1.70 bits per heavy atom. The van der Waals surface area contributed by atoms with Crippen molar-refractivity contribution in [2.24, 2.45) is 0 Å². The number of aryl methyl sites for hydroxylation is 1. The van der Waals surface area contributed by atoms with Crippen molar-refractivity contribution in [3.8, 4) is 0 Å². The van der Waals surface area contributed by atoms with Crippen molar-refractivity contribution in [3.05, 3.63) is 50.7 Å². The van der Waals surface area contributed by atoms with E-state index in [0.29, 0.717) is 32.5 Å². The van der Waals surface area contributed by atoms with Crippen molar-refractivity contribution >= 4 is 27.4 Å². The van der Waals surface area contributed by atoms with Crippen LogP contribution in [0.3, 0.4) is 0 Å². The molecule has 3 N–H and O–H groups in total. The lowest BCUT2D eigenvalue weighted by Gasteiger charge is -2.20. The minimum Gasteiger partial charge on any atom is -0.383 e. The molecule has 2 aromatic rings. The largest absolute Gasteiger partial charge is 0.383 e. The van der Waals surface area contributed by atoms with Gasteiger partial charge in [-0.2, -0.15) is 4.31 Å². The first kappa shape index (κ1) is 26.3. The third kappa shape index (κ3) is 5.91. The Bertz CT molecular complexity index is 1180. The van der Waals surface area contributed by atoms with Gasteiger partial charge in [0.05, 0.1) is 4.90 Å². The van der Waals surface area contributed by atoms with Gasteiger partial charge >= 0.3 is 5.69 Å². The van der Waals surface area contributed by atoms with Gasteiger partial charge < -0.3 is 10.6 Å². The number of nitrogen functional groups attached to an aromatic ring is 1. The molecule has 0 atom stereocenters. The summed E-state index contributed by atoms with van der Waals surface area (Å²) in [7, 11) is -2.10. The lowest BCUT2D eigenvalue weighted by molar-refractivity contribution is -0.118. The second-order valence-electron chi connectivity index (χ2n) is 7.68. The fraction of sp³-hybridized carbons (Fsp3) is 0.500. The van der Waals surface area contributed by atoms with Crippen LogP contribution in [0.2, 0.25) is 0 Å². The summed E-state index contributed by atoms with van der Waals surface area (Å²) >= 11 is 0. The first-order valence-corrected chi connectivity index (χ1v) is 12.5. The maximum absolute atomic E-state index is 12.8. The van der Waals surface area contributed by atoms with Gasteiger partial charge in [-0.1, -0.05) is 39.3 Å². The standard InChI is InChI=1S/C22H33N5O5S/c1-5-8-15-27-20(23)19(21(29)24-22(27)30)25(4)18(28)14-11-16-9-12-17(13-10-16)33(31,32)26(6-2)7-3/h9-10,12-13H,5-8,11,14-15,23H2,1-4H3,(H,24,29,30). The minimum absolute atomic E-state index is 0.0426. The summed E-state index contributed by atoms with van der Waals surface area (Å²) in [6.45, 7) is 6.64. The van der Waals surface area contributed by atoms with Crippen LogP contribution in [-0.2, 0) is 27.8 Å². The summed E-state index contributed by atoms with van der Waals surface area (Å²) in [6.07, 6.45) is 1.96. The molecule has 33 heavy (non-hydrogen) atoms. The average Bonchev–Trinajstić information content (AvgIpc) is 2.78. The molecule has 0 saturated heterocycles. The molecule has 11 heteroatoms. The van der Waals surface area contributed by atoms with E-state index in [1.165, 1.54) is 28.1 Å². The smallest absolute Gasteiger partial charge is 0.330 e. The van der Waals surface area contributed by atoms with Crippen LogP contribution in [0.5, 0.6) is 0 Å². The van der Waals surface area contributed by atoms with E-state index in [1.807, 2.05) is 6.92 Å². The third-order valence-corrected chi connectivity index (χ3v) is 7.62. The number of nitrogens with one attached hydrogen (secondary N) is 1. The number of nitrogens with zero attached hydrogens (tertiary/aromatic N) is 3. The Morgan fingerprint density at radius 3 is 2.24 bits per heavy atom. The highest BCUT2D eigenvalue weighted by Gasteiger charge is 2.22. The molecule has 0 radical (unpaired) electrons. The van der Waals surface area contributed by atoms with Crippen LogP contribution in [0, 0.1) is 0 Å². The monoisotopic (exact) mass is 479 g/mol. The number of unbranched alkanes of at least 4 members (excludes halogenated alkanes) is 1. The van der Waals surface area contributed by atoms with Gasteiger partial charge in [0.1, 0.15) is 5.82 Å². The summed E-state index contributed by atoms with van der Waals surface area (Å²) in [6, 6.07) is 6.42. The highest BCUT2D eigenvalue weighted by molar-refractivity contribution is 7.89. The number of amides is 1. The number of hydrogen-bond donors (Lipinski definition) is 2. The Hall–Kier alpha value is -2.92. The molecule has 2 rings (SSSR count). The quantitative estimate of drug-likeness (QED) is 0.501. The zero-order chi connectivity index (χ0) is 24.8. The lowest BCUT2D eigenvalue weighted by Crippen LogP contribution is -2.39. The highest BCUT2D eigenvalue weighted by atomic mass is 32.2. The van der Waals surface area contributed by atoms with Gasteiger partial charge in [-0.25, -0.2) is 13.2 Å². The van der Waals surface area contributed by atoms with Crippen LogP contribution < -0.4 is 21.9 Å². The second kappa shape index (κ2) is 11.3. The number of carbonyl (C=O) groups is 1. The number of aromatic nitrogens is 2. The topological polar surface area (TPSA) is 139 Å². The van der Waals surface area contributed by atoms with Crippen LogP contribution in [0.15, 0.2) is 38.8 Å². The molecule has 0 bridgehead atoms. The number of anilines is 2. The Labute approximate surface area is 194 Å². The first-order chi connectivity index (χ1) is 15.6. The molecule has 10 nitrogen and oxygen atoms in total. The number of carbonyl (C=O) groups excluding carboxylic acids is 1. The zero-order valence-electron chi connectivity index (χ0n) is 19.6. The highest BCUT2D eigenvalue weighted by Crippen LogP contribution is 2.19. The molecule has 1 amide bonds. The van der Waals surface area contributed by atoms with E-state index in [1.54, 1.807) is 26.0 Å². The van der Waals surface area contributed by atoms with Gasteiger partial charge in [0, 0.05) is 33.1 Å². The third-order valence-electron chi connectivity index (χ3n) is 5.55. The van der Waals surface area contributed by atoms with Gasteiger partial charge in [0.15, 0.2) is 5.69 Å². The minimum atomic E-state index is -3.54. The van der Waals surface area contributed by atoms with Crippen molar-refractivity contribution in [1.82, 2.24) is 13.9 Å². The van der Waals surface area contributed by atoms with E-state index in [-0.39, 0.29) is 28.7 Å². The molecular weight excluding hydrogens is 446 g/mol. The van der Waals surface area contributed by atoms with Crippen LogP contribution in [-0.4, -0.2) is 48.3 Å². The number of aromatic amines is 1. The van der Waals surface area contributed by atoms with E-state index < -0.39 is 21.3 Å². The summed E-state index contributed by atoms with van der Waals surface area (Å²) in [4.78, 5) is 40.8. The maximum Gasteiger partial charge on any atom is 0.330 e. The Morgan fingerprint density at radius 1 is 1.09 bits per heavy atom. The maximum atomic E-state index is 12.8. The molecule has 0 spiro atoms. The van der Waals surface area contributed by atoms with Crippen LogP contribution >= 0.6 is 0 Å². The van der Waals surface area contributed by atoms with E-state index in [0.717, 1.165) is 16.9 Å². The molecule has 0 aliphatic rings. The van der Waals surface area contributed by atoms with Gasteiger partial charge in [-0.05, 0) is 30.5 Å². The zero-order valence-corrected chi connectivity index (χ0v) is 20.4. The SMILES string of the molecule is CCCCn1c(N)c(N(C)C(=O)CCc2ccc(S(=O)(=O)N(CC)CC)cc2)c(=O)[nH]c1=O. The number of hydrogen-bond acceptors (Lipinski definition) is 6. The summed E-state index contributed by atoms with van der Waals surface area (Å²) in [5, 5.41) is 0. The first-order valence-electron chi connectivity index (χ1n) is 11.1. The normalized spacial score (nSPS) is 11.7. The van der Waals surface area contributed by atoms with Crippen molar-refractivity contribution in [2.75, 3.05) is 30.8 Å². The molecular formula is C22H33N5O5S. The van der Waals surface area contributed by atoms with E-state index in [2.05, 4.69) is 4.98 Å². The van der Waals surface area contributed by atoms with Crippen LogP contribution in [0.1, 0.15) is 45.6 Å². The molecule has 1 aromatic carbocycles. The van der Waals surface area contributed by atoms with Crippen molar-refractivity contribution in [1.29, 1.82) is 0 Å². The summed E-state index contributed by atoms with van der Waals surface area (Å²) < 4.78 is 27.8. The fourth-order valence-electron chi connectivity index (χ4n) is 3.52. The predicted octanol–water partition coefficient (Wildman–Crippen LogP) is 1.55. The molecule has 0 aliphatic heterocycles. The van der Waals surface area contributed by atoms with Crippen LogP contribution in [0.25, 0.3) is 0 Å². The van der Waals surface area contributed by atoms with Crippen molar-refractivity contribution in [3.63, 3.8) is 0 Å². The van der Waals surface area contributed by atoms with Crippen molar-refractivity contribution in [2.45, 2.75) is 57.9 Å². The van der Waals surface area contributed by atoms with Gasteiger partial charge in [0.25, 0.3) is 5.56 Å². The number of rotatable bonds is 11. The molecule has 0 fully saturated rings. The number of sulfonamides is 1. The van der Waals surface area contributed by atoms with Gasteiger partial charge in [-0.3, -0.25) is 19.1 Å². The van der Waals surface area contributed by atoms with Crippen LogP contribution in [0.4, 0.5) is 11.5 Å². The van der Waals surface area contributed by atoms with E-state index >= 15 is 0 Å². The Kier molecular flexibility index (Phi) is 9.00.